The second-order valence-electron chi connectivity index (χ2n) is 5.76. The Kier molecular flexibility index (Phi) is 6.91. The number of rotatable bonds is 8. The van der Waals surface area contributed by atoms with Crippen molar-refractivity contribution in [1.29, 1.82) is 0 Å². The lowest BCUT2D eigenvalue weighted by molar-refractivity contribution is -0.144. The zero-order valence-electron chi connectivity index (χ0n) is 15.0. The molecule has 29 heavy (non-hydrogen) atoms. The first-order valence-electron chi connectivity index (χ1n) is 8.38. The van der Waals surface area contributed by atoms with Crippen molar-refractivity contribution in [3.8, 4) is 11.4 Å². The summed E-state index contributed by atoms with van der Waals surface area (Å²) in [4.78, 5) is 15.9. The Labute approximate surface area is 175 Å². The number of benzene rings is 2. The zero-order chi connectivity index (χ0) is 20.7. The third-order valence-electron chi connectivity index (χ3n) is 3.56. The lowest BCUT2D eigenvalue weighted by Gasteiger charge is -2.03. The average molecular weight is 478 g/mol. The van der Waals surface area contributed by atoms with Gasteiger partial charge < -0.3 is 9.26 Å². The highest BCUT2D eigenvalue weighted by atomic mass is 79.9. The maximum Gasteiger partial charge on any atom is 0.321 e. The molecule has 0 spiro atoms. The van der Waals surface area contributed by atoms with Crippen LogP contribution in [0.25, 0.3) is 17.5 Å². The largest absolute Gasteiger partial charge is 0.455 e. The van der Waals surface area contributed by atoms with Gasteiger partial charge in [-0.25, -0.2) is 13.1 Å². The third kappa shape index (κ3) is 6.63. The van der Waals surface area contributed by atoms with E-state index in [0.717, 1.165) is 21.0 Å². The first-order chi connectivity index (χ1) is 13.9. The third-order valence-corrected chi connectivity index (χ3v) is 5.10. The molecule has 0 aliphatic carbocycles. The molecule has 150 valence electrons. The molecule has 2 aromatic carbocycles. The molecule has 0 saturated heterocycles. The summed E-state index contributed by atoms with van der Waals surface area (Å²) in [7, 11) is -3.78. The van der Waals surface area contributed by atoms with Crippen molar-refractivity contribution in [3.05, 3.63) is 75.9 Å². The number of aromatic nitrogens is 2. The summed E-state index contributed by atoms with van der Waals surface area (Å²) in [5.74, 6) is -0.326. The van der Waals surface area contributed by atoms with Crippen LogP contribution in [0, 0.1) is 0 Å². The van der Waals surface area contributed by atoms with Crippen LogP contribution in [0.2, 0.25) is 0 Å². The lowest BCUT2D eigenvalue weighted by atomic mass is 10.2. The molecular formula is C19H16BrN3O5S. The molecule has 0 amide bonds. The van der Waals surface area contributed by atoms with E-state index in [-0.39, 0.29) is 12.5 Å². The van der Waals surface area contributed by atoms with E-state index in [1.165, 1.54) is 6.08 Å². The molecular weight excluding hydrogens is 462 g/mol. The van der Waals surface area contributed by atoms with Crippen molar-refractivity contribution in [1.82, 2.24) is 14.9 Å². The molecule has 3 rings (SSSR count). The molecule has 0 fully saturated rings. The van der Waals surface area contributed by atoms with Gasteiger partial charge in [0.25, 0.3) is 5.89 Å². The van der Waals surface area contributed by atoms with Crippen molar-refractivity contribution < 1.29 is 22.5 Å². The number of hydrogen-bond acceptors (Lipinski definition) is 7. The number of sulfonamides is 1. The molecule has 10 heteroatoms. The van der Waals surface area contributed by atoms with E-state index in [1.807, 2.05) is 30.3 Å². The topological polar surface area (TPSA) is 111 Å². The van der Waals surface area contributed by atoms with Crippen LogP contribution in [0.5, 0.6) is 0 Å². The summed E-state index contributed by atoms with van der Waals surface area (Å²) < 4.78 is 36.8. The van der Waals surface area contributed by atoms with Gasteiger partial charge in [-0.05, 0) is 23.8 Å². The van der Waals surface area contributed by atoms with E-state index in [0.29, 0.717) is 5.82 Å². The number of halogens is 1. The van der Waals surface area contributed by atoms with Crippen molar-refractivity contribution in [2.45, 2.75) is 6.61 Å². The standard InChI is InChI=1S/C19H16BrN3O5S/c20-16-8-4-7-15(11-16)19-22-17(28-23-19)13-27-18(24)12-21-29(25,26)10-9-14-5-2-1-3-6-14/h1-11,21H,12-13H2/b10-9+. The Bertz CT molecular complexity index is 1110. The van der Waals surface area contributed by atoms with Gasteiger partial charge in [0.1, 0.15) is 6.54 Å². The van der Waals surface area contributed by atoms with Crippen LogP contribution in [0.1, 0.15) is 11.5 Å². The SMILES string of the molecule is O=C(CNS(=O)(=O)/C=C/c1ccccc1)OCc1nc(-c2cccc(Br)c2)no1. The van der Waals surface area contributed by atoms with E-state index in [2.05, 4.69) is 30.8 Å². The van der Waals surface area contributed by atoms with E-state index in [9.17, 15) is 13.2 Å². The number of esters is 1. The van der Waals surface area contributed by atoms with Gasteiger partial charge in [0, 0.05) is 15.4 Å². The van der Waals surface area contributed by atoms with E-state index in [1.54, 1.807) is 24.3 Å². The lowest BCUT2D eigenvalue weighted by Crippen LogP contribution is -2.29. The molecule has 1 aromatic heterocycles. The van der Waals surface area contributed by atoms with Crippen LogP contribution in [0.3, 0.4) is 0 Å². The van der Waals surface area contributed by atoms with Crippen LogP contribution in [0.15, 0.2) is 69.0 Å². The number of carbonyl (C=O) groups excluding carboxylic acids is 1. The fraction of sp³-hybridized carbons (Fsp3) is 0.105. The monoisotopic (exact) mass is 477 g/mol. The smallest absolute Gasteiger partial charge is 0.321 e. The van der Waals surface area contributed by atoms with E-state index in [4.69, 9.17) is 9.26 Å². The Hall–Kier alpha value is -2.82. The predicted molar refractivity (Wildman–Crippen MR) is 110 cm³/mol. The first kappa shape index (κ1) is 20.9. The van der Waals surface area contributed by atoms with Gasteiger partial charge in [-0.2, -0.15) is 4.98 Å². The Morgan fingerprint density at radius 1 is 1.17 bits per heavy atom. The van der Waals surface area contributed by atoms with E-state index < -0.39 is 22.5 Å². The highest BCUT2D eigenvalue weighted by Crippen LogP contribution is 2.20. The van der Waals surface area contributed by atoms with Crippen molar-refractivity contribution in [3.63, 3.8) is 0 Å². The number of nitrogens with zero attached hydrogens (tertiary/aromatic N) is 2. The van der Waals surface area contributed by atoms with Crippen LogP contribution in [0.4, 0.5) is 0 Å². The van der Waals surface area contributed by atoms with Crippen LogP contribution >= 0.6 is 15.9 Å². The maximum absolute atomic E-state index is 11.9. The quantitative estimate of drug-likeness (QED) is 0.495. The van der Waals surface area contributed by atoms with Gasteiger partial charge in [0.05, 0.1) is 0 Å². The molecule has 1 N–H and O–H groups in total. The Morgan fingerprint density at radius 2 is 1.97 bits per heavy atom. The number of nitrogens with one attached hydrogen (secondary N) is 1. The molecule has 0 unspecified atom stereocenters. The highest BCUT2D eigenvalue weighted by molar-refractivity contribution is 9.10. The fourth-order valence-corrected chi connectivity index (χ4v) is 3.34. The van der Waals surface area contributed by atoms with Crippen molar-refractivity contribution in [2.24, 2.45) is 0 Å². The summed E-state index contributed by atoms with van der Waals surface area (Å²) in [6.07, 6.45) is 1.43. The van der Waals surface area contributed by atoms with E-state index >= 15 is 0 Å². The minimum absolute atomic E-state index is 0.0974. The molecule has 0 radical (unpaired) electrons. The first-order valence-corrected chi connectivity index (χ1v) is 10.7. The molecule has 0 aliphatic rings. The summed E-state index contributed by atoms with van der Waals surface area (Å²) in [5, 5.41) is 4.81. The van der Waals surface area contributed by atoms with Crippen LogP contribution in [-0.2, 0) is 26.2 Å². The fourth-order valence-electron chi connectivity index (χ4n) is 2.19. The van der Waals surface area contributed by atoms with Gasteiger partial charge in [0.15, 0.2) is 6.61 Å². The highest BCUT2D eigenvalue weighted by Gasteiger charge is 2.13. The summed E-state index contributed by atoms with van der Waals surface area (Å²) >= 11 is 3.36. The van der Waals surface area contributed by atoms with Gasteiger partial charge in [-0.15, -0.1) is 0 Å². The van der Waals surface area contributed by atoms with Gasteiger partial charge >= 0.3 is 5.97 Å². The Morgan fingerprint density at radius 3 is 2.72 bits per heavy atom. The summed E-state index contributed by atoms with van der Waals surface area (Å²) in [5.41, 5.74) is 1.46. The number of ether oxygens (including phenoxy) is 1. The normalized spacial score (nSPS) is 11.6. The summed E-state index contributed by atoms with van der Waals surface area (Å²) in [6, 6.07) is 16.2. The average Bonchev–Trinajstić information content (AvgIpc) is 3.19. The van der Waals surface area contributed by atoms with Gasteiger partial charge in [-0.3, -0.25) is 4.79 Å². The van der Waals surface area contributed by atoms with Gasteiger partial charge in [0.2, 0.25) is 15.8 Å². The molecule has 0 atom stereocenters. The molecule has 0 saturated carbocycles. The maximum atomic E-state index is 11.9. The summed E-state index contributed by atoms with van der Waals surface area (Å²) in [6.45, 7) is -0.782. The van der Waals surface area contributed by atoms with Crippen molar-refractivity contribution >= 4 is 38.0 Å². The Balaban J connectivity index is 1.48. The van der Waals surface area contributed by atoms with Crippen LogP contribution in [-0.4, -0.2) is 31.1 Å². The minimum Gasteiger partial charge on any atom is -0.455 e. The molecule has 3 aromatic rings. The molecule has 0 bridgehead atoms. The van der Waals surface area contributed by atoms with Crippen LogP contribution < -0.4 is 4.72 Å². The molecule has 1 heterocycles. The number of hydrogen-bond donors (Lipinski definition) is 1. The second-order valence-corrected chi connectivity index (χ2v) is 8.33. The minimum atomic E-state index is -3.78. The zero-order valence-corrected chi connectivity index (χ0v) is 17.4. The second kappa shape index (κ2) is 9.59. The molecule has 0 aliphatic heterocycles. The van der Waals surface area contributed by atoms with Gasteiger partial charge in [-0.1, -0.05) is 63.6 Å². The number of carbonyl (C=O) groups is 1. The van der Waals surface area contributed by atoms with Crippen molar-refractivity contribution in [2.75, 3.05) is 6.54 Å². The molecule has 8 nitrogen and oxygen atoms in total. The predicted octanol–water partition coefficient (Wildman–Crippen LogP) is 3.13.